The monoisotopic (exact) mass is 229 g/mol. The van der Waals surface area contributed by atoms with Crippen molar-refractivity contribution in [3.63, 3.8) is 0 Å². The maximum atomic E-state index is 5.29. The van der Waals surface area contributed by atoms with Crippen LogP contribution in [-0.2, 0) is 4.74 Å². The standard InChI is InChI=1S/C12H23NOS/c1-12(8-14-9-12)7-13-10-5-3-4-6-11(10)15-2/h10-11,13H,3-9H2,1-2H3. The van der Waals surface area contributed by atoms with Crippen LogP contribution in [0.3, 0.4) is 0 Å². The minimum absolute atomic E-state index is 0.417. The summed E-state index contributed by atoms with van der Waals surface area (Å²) in [5.41, 5.74) is 0.417. The van der Waals surface area contributed by atoms with Crippen molar-refractivity contribution in [1.82, 2.24) is 5.32 Å². The van der Waals surface area contributed by atoms with Gasteiger partial charge in [-0.3, -0.25) is 0 Å². The van der Waals surface area contributed by atoms with E-state index in [1.165, 1.54) is 25.7 Å². The van der Waals surface area contributed by atoms with Gasteiger partial charge in [0.25, 0.3) is 0 Å². The van der Waals surface area contributed by atoms with E-state index in [1.807, 2.05) is 11.8 Å². The van der Waals surface area contributed by atoms with Gasteiger partial charge in [0, 0.05) is 23.3 Å². The number of ether oxygens (including phenoxy) is 1. The van der Waals surface area contributed by atoms with Gasteiger partial charge in [0.05, 0.1) is 13.2 Å². The predicted octanol–water partition coefficient (Wildman–Crippen LogP) is 2.29. The molecule has 0 spiro atoms. The van der Waals surface area contributed by atoms with Gasteiger partial charge >= 0.3 is 0 Å². The van der Waals surface area contributed by atoms with Crippen molar-refractivity contribution in [1.29, 1.82) is 0 Å². The van der Waals surface area contributed by atoms with Crippen molar-refractivity contribution in [2.45, 2.75) is 43.9 Å². The molecule has 2 nitrogen and oxygen atoms in total. The quantitative estimate of drug-likeness (QED) is 0.799. The molecule has 2 fully saturated rings. The number of thioether (sulfide) groups is 1. The van der Waals surface area contributed by atoms with Crippen molar-refractivity contribution in [3.8, 4) is 0 Å². The first-order valence-corrected chi connectivity index (χ1v) is 7.36. The second-order valence-electron chi connectivity index (χ2n) is 5.35. The van der Waals surface area contributed by atoms with E-state index in [2.05, 4.69) is 18.5 Å². The second kappa shape index (κ2) is 5.07. The highest BCUT2D eigenvalue weighted by molar-refractivity contribution is 7.99. The Morgan fingerprint density at radius 2 is 2.07 bits per heavy atom. The van der Waals surface area contributed by atoms with E-state index in [1.54, 1.807) is 0 Å². The molecule has 0 aromatic carbocycles. The maximum absolute atomic E-state index is 5.29. The van der Waals surface area contributed by atoms with Gasteiger partial charge in [-0.05, 0) is 19.1 Å². The van der Waals surface area contributed by atoms with Gasteiger partial charge in [-0.2, -0.15) is 11.8 Å². The van der Waals surface area contributed by atoms with E-state index in [0.717, 1.165) is 31.1 Å². The lowest BCUT2D eigenvalue weighted by atomic mass is 9.87. The van der Waals surface area contributed by atoms with Crippen LogP contribution in [0.15, 0.2) is 0 Å². The molecule has 0 radical (unpaired) electrons. The number of hydrogen-bond donors (Lipinski definition) is 1. The van der Waals surface area contributed by atoms with E-state index < -0.39 is 0 Å². The Bertz CT molecular complexity index is 206. The molecule has 1 aliphatic heterocycles. The van der Waals surface area contributed by atoms with Crippen LogP contribution in [0.4, 0.5) is 0 Å². The zero-order chi connectivity index (χ0) is 10.7. The van der Waals surface area contributed by atoms with Gasteiger partial charge in [-0.1, -0.05) is 19.8 Å². The zero-order valence-electron chi connectivity index (χ0n) is 9.92. The van der Waals surface area contributed by atoms with Crippen LogP contribution in [0.5, 0.6) is 0 Å². The summed E-state index contributed by atoms with van der Waals surface area (Å²) in [7, 11) is 0. The summed E-state index contributed by atoms with van der Waals surface area (Å²) in [5.74, 6) is 0. The van der Waals surface area contributed by atoms with E-state index in [9.17, 15) is 0 Å². The summed E-state index contributed by atoms with van der Waals surface area (Å²) in [6.45, 7) is 5.34. The van der Waals surface area contributed by atoms with Gasteiger partial charge in [0.1, 0.15) is 0 Å². The Hall–Kier alpha value is 0.270. The first-order valence-electron chi connectivity index (χ1n) is 6.07. The predicted molar refractivity (Wildman–Crippen MR) is 66.5 cm³/mol. The Balaban J connectivity index is 1.76. The van der Waals surface area contributed by atoms with Crippen molar-refractivity contribution >= 4 is 11.8 Å². The lowest BCUT2D eigenvalue weighted by molar-refractivity contribution is -0.100. The van der Waals surface area contributed by atoms with Crippen LogP contribution in [0.25, 0.3) is 0 Å². The molecule has 0 aromatic rings. The number of nitrogens with one attached hydrogen (secondary N) is 1. The molecule has 0 amide bonds. The molecule has 2 atom stereocenters. The average Bonchev–Trinajstić information content (AvgIpc) is 2.24. The van der Waals surface area contributed by atoms with E-state index in [0.29, 0.717) is 5.41 Å². The average molecular weight is 229 g/mol. The molecule has 1 saturated heterocycles. The van der Waals surface area contributed by atoms with Crippen LogP contribution in [0.1, 0.15) is 32.6 Å². The van der Waals surface area contributed by atoms with Crippen molar-refractivity contribution in [2.75, 3.05) is 26.0 Å². The maximum Gasteiger partial charge on any atom is 0.0554 e. The van der Waals surface area contributed by atoms with Gasteiger partial charge < -0.3 is 10.1 Å². The highest BCUT2D eigenvalue weighted by atomic mass is 32.2. The normalized spacial score (nSPS) is 34.8. The summed E-state index contributed by atoms with van der Waals surface area (Å²) in [6.07, 6.45) is 7.83. The number of rotatable bonds is 4. The lowest BCUT2D eigenvalue weighted by Gasteiger charge is -2.41. The smallest absolute Gasteiger partial charge is 0.0554 e. The van der Waals surface area contributed by atoms with Crippen LogP contribution < -0.4 is 5.32 Å². The van der Waals surface area contributed by atoms with Gasteiger partial charge in [0.15, 0.2) is 0 Å². The fraction of sp³-hybridized carbons (Fsp3) is 1.00. The van der Waals surface area contributed by atoms with Crippen LogP contribution >= 0.6 is 11.8 Å². The third kappa shape index (κ3) is 2.89. The molecule has 1 saturated carbocycles. The fourth-order valence-corrected chi connectivity index (χ4v) is 3.51. The molecule has 88 valence electrons. The molecule has 3 heteroatoms. The van der Waals surface area contributed by atoms with Crippen molar-refractivity contribution in [3.05, 3.63) is 0 Å². The molecular weight excluding hydrogens is 206 g/mol. The minimum atomic E-state index is 0.417. The van der Waals surface area contributed by atoms with Crippen LogP contribution in [-0.4, -0.2) is 37.3 Å². The molecule has 1 aliphatic carbocycles. The SMILES string of the molecule is CSC1CCCCC1NCC1(C)COC1. The van der Waals surface area contributed by atoms with Crippen molar-refractivity contribution < 1.29 is 4.74 Å². The van der Waals surface area contributed by atoms with Crippen molar-refractivity contribution in [2.24, 2.45) is 5.41 Å². The lowest BCUT2D eigenvalue weighted by Crippen LogP contribution is -2.52. The van der Waals surface area contributed by atoms with Crippen LogP contribution in [0, 0.1) is 5.41 Å². The molecule has 2 unspecified atom stereocenters. The van der Waals surface area contributed by atoms with Gasteiger partial charge in [-0.15, -0.1) is 0 Å². The fourth-order valence-electron chi connectivity index (χ4n) is 2.54. The Kier molecular flexibility index (Phi) is 3.97. The number of hydrogen-bond acceptors (Lipinski definition) is 3. The third-order valence-corrected chi connectivity index (χ3v) is 4.87. The third-order valence-electron chi connectivity index (χ3n) is 3.70. The highest BCUT2D eigenvalue weighted by Crippen LogP contribution is 2.29. The highest BCUT2D eigenvalue weighted by Gasteiger charge is 2.34. The molecule has 0 bridgehead atoms. The summed E-state index contributed by atoms with van der Waals surface area (Å²) >= 11 is 2.04. The summed E-state index contributed by atoms with van der Waals surface area (Å²) < 4.78 is 5.29. The Morgan fingerprint density at radius 3 is 2.67 bits per heavy atom. The zero-order valence-corrected chi connectivity index (χ0v) is 10.7. The van der Waals surface area contributed by atoms with Crippen LogP contribution in [0.2, 0.25) is 0 Å². The molecule has 1 N–H and O–H groups in total. The summed E-state index contributed by atoms with van der Waals surface area (Å²) in [6, 6.07) is 0.742. The largest absolute Gasteiger partial charge is 0.380 e. The molecule has 0 aromatic heterocycles. The topological polar surface area (TPSA) is 21.3 Å². The molecule has 2 rings (SSSR count). The molecule has 2 aliphatic rings. The van der Waals surface area contributed by atoms with E-state index in [4.69, 9.17) is 4.74 Å². The summed E-state index contributed by atoms with van der Waals surface area (Å²) in [5, 5.41) is 4.60. The molecule has 1 heterocycles. The van der Waals surface area contributed by atoms with E-state index in [-0.39, 0.29) is 0 Å². The Labute approximate surface area is 97.5 Å². The van der Waals surface area contributed by atoms with Gasteiger partial charge in [-0.25, -0.2) is 0 Å². The Morgan fingerprint density at radius 1 is 1.33 bits per heavy atom. The van der Waals surface area contributed by atoms with E-state index >= 15 is 0 Å². The second-order valence-corrected chi connectivity index (χ2v) is 6.43. The first kappa shape index (κ1) is 11.7. The first-order chi connectivity index (χ1) is 7.23. The minimum Gasteiger partial charge on any atom is -0.380 e. The van der Waals surface area contributed by atoms with Gasteiger partial charge in [0.2, 0.25) is 0 Å². The summed E-state index contributed by atoms with van der Waals surface area (Å²) in [4.78, 5) is 0. The molecule has 15 heavy (non-hydrogen) atoms. The molecular formula is C12H23NOS.